The summed E-state index contributed by atoms with van der Waals surface area (Å²) >= 11 is 6.17. The van der Waals surface area contributed by atoms with Gasteiger partial charge in [0.25, 0.3) is 0 Å². The van der Waals surface area contributed by atoms with Crippen molar-refractivity contribution in [2.75, 3.05) is 13.1 Å². The number of hydrogen-bond donors (Lipinski definition) is 1. The van der Waals surface area contributed by atoms with Crippen molar-refractivity contribution in [2.24, 2.45) is 0 Å². The van der Waals surface area contributed by atoms with Crippen LogP contribution in [0, 0.1) is 6.92 Å². The average molecular weight is 226 g/mol. The van der Waals surface area contributed by atoms with Crippen molar-refractivity contribution in [3.05, 3.63) is 28.8 Å². The molecule has 1 aliphatic heterocycles. The monoisotopic (exact) mass is 225 g/mol. The highest BCUT2D eigenvalue weighted by atomic mass is 35.5. The summed E-state index contributed by atoms with van der Waals surface area (Å²) in [5.74, 6) is 0.811. The van der Waals surface area contributed by atoms with Gasteiger partial charge in [-0.05, 0) is 37.9 Å². The lowest BCUT2D eigenvalue weighted by Gasteiger charge is -2.24. The fraction of sp³-hybridized carbons (Fsp3) is 0.500. The molecule has 3 heteroatoms. The zero-order chi connectivity index (χ0) is 10.7. The van der Waals surface area contributed by atoms with E-state index in [9.17, 15) is 0 Å². The van der Waals surface area contributed by atoms with Crippen LogP contribution in [0.2, 0.25) is 5.02 Å². The van der Waals surface area contributed by atoms with Gasteiger partial charge in [0.05, 0.1) is 5.02 Å². The Labute approximate surface area is 95.6 Å². The molecule has 1 N–H and O–H groups in total. The number of halogens is 1. The second-order valence-electron chi connectivity index (χ2n) is 3.97. The molecule has 1 heterocycles. The normalized spacial score (nSPS) is 21.3. The maximum atomic E-state index is 6.17. The average Bonchev–Trinajstić information content (AvgIpc) is 2.26. The third kappa shape index (κ3) is 2.64. The van der Waals surface area contributed by atoms with Crippen molar-refractivity contribution in [3.63, 3.8) is 0 Å². The summed E-state index contributed by atoms with van der Waals surface area (Å²) in [6.07, 6.45) is 2.55. The molecule has 0 amide bonds. The van der Waals surface area contributed by atoms with E-state index in [4.69, 9.17) is 16.3 Å². The van der Waals surface area contributed by atoms with E-state index < -0.39 is 0 Å². The predicted octanol–water partition coefficient (Wildman–Crippen LogP) is 2.78. The Morgan fingerprint density at radius 3 is 3.07 bits per heavy atom. The van der Waals surface area contributed by atoms with Crippen LogP contribution in [0.3, 0.4) is 0 Å². The smallest absolute Gasteiger partial charge is 0.138 e. The quantitative estimate of drug-likeness (QED) is 0.836. The van der Waals surface area contributed by atoms with Crippen LogP contribution in [0.15, 0.2) is 18.2 Å². The van der Waals surface area contributed by atoms with Gasteiger partial charge in [0, 0.05) is 6.54 Å². The minimum Gasteiger partial charge on any atom is -0.488 e. The number of piperidine rings is 1. The zero-order valence-corrected chi connectivity index (χ0v) is 9.68. The Kier molecular flexibility index (Phi) is 3.49. The second kappa shape index (κ2) is 4.86. The summed E-state index contributed by atoms with van der Waals surface area (Å²) in [6.45, 7) is 4.01. The number of rotatable bonds is 2. The van der Waals surface area contributed by atoms with Gasteiger partial charge in [-0.2, -0.15) is 0 Å². The standard InChI is InChI=1S/C12H16ClNO/c1-9-4-2-6-11(12(9)13)15-10-5-3-7-14-8-10/h2,4,6,10,14H,3,5,7-8H2,1H3. The predicted molar refractivity (Wildman–Crippen MR) is 62.7 cm³/mol. The molecule has 15 heavy (non-hydrogen) atoms. The Bertz CT molecular complexity index is 334. The molecule has 82 valence electrons. The lowest BCUT2D eigenvalue weighted by atomic mass is 10.1. The summed E-state index contributed by atoms with van der Waals surface area (Å²) in [6, 6.07) is 5.91. The van der Waals surface area contributed by atoms with Gasteiger partial charge in [0.15, 0.2) is 0 Å². The molecule has 0 spiro atoms. The first-order valence-electron chi connectivity index (χ1n) is 5.40. The van der Waals surface area contributed by atoms with Gasteiger partial charge >= 0.3 is 0 Å². The third-order valence-electron chi connectivity index (χ3n) is 2.70. The van der Waals surface area contributed by atoms with Gasteiger partial charge in [0.1, 0.15) is 11.9 Å². The zero-order valence-electron chi connectivity index (χ0n) is 8.92. The van der Waals surface area contributed by atoms with Crippen LogP contribution < -0.4 is 10.1 Å². The minimum atomic E-state index is 0.262. The molecule has 1 aromatic carbocycles. The van der Waals surface area contributed by atoms with E-state index in [1.54, 1.807) is 0 Å². The molecule has 0 saturated carbocycles. The Morgan fingerprint density at radius 2 is 2.33 bits per heavy atom. The highest BCUT2D eigenvalue weighted by Crippen LogP contribution is 2.28. The fourth-order valence-corrected chi connectivity index (χ4v) is 1.98. The number of benzene rings is 1. The van der Waals surface area contributed by atoms with Crippen molar-refractivity contribution in [1.82, 2.24) is 5.32 Å². The van der Waals surface area contributed by atoms with Gasteiger partial charge in [-0.3, -0.25) is 0 Å². The maximum absolute atomic E-state index is 6.17. The molecular formula is C12H16ClNO. The Hall–Kier alpha value is -0.730. The van der Waals surface area contributed by atoms with Crippen LogP contribution in [0.5, 0.6) is 5.75 Å². The van der Waals surface area contributed by atoms with Crippen LogP contribution in [0.4, 0.5) is 0 Å². The van der Waals surface area contributed by atoms with Crippen LogP contribution >= 0.6 is 11.6 Å². The van der Waals surface area contributed by atoms with E-state index in [0.29, 0.717) is 0 Å². The molecule has 0 aromatic heterocycles. The van der Waals surface area contributed by atoms with E-state index in [-0.39, 0.29) is 6.10 Å². The van der Waals surface area contributed by atoms with Crippen LogP contribution in [0.25, 0.3) is 0 Å². The van der Waals surface area contributed by atoms with Crippen LogP contribution in [0.1, 0.15) is 18.4 Å². The van der Waals surface area contributed by atoms with Gasteiger partial charge in [-0.15, -0.1) is 0 Å². The van der Waals surface area contributed by atoms with Gasteiger partial charge in [-0.1, -0.05) is 23.7 Å². The van der Waals surface area contributed by atoms with E-state index in [0.717, 1.165) is 35.8 Å². The minimum absolute atomic E-state index is 0.262. The molecule has 2 nitrogen and oxygen atoms in total. The van der Waals surface area contributed by atoms with Crippen molar-refractivity contribution in [1.29, 1.82) is 0 Å². The molecule has 1 aromatic rings. The molecule has 2 rings (SSSR count). The van der Waals surface area contributed by atoms with Gasteiger partial charge in [-0.25, -0.2) is 0 Å². The molecule has 1 atom stereocenters. The second-order valence-corrected chi connectivity index (χ2v) is 4.35. The largest absolute Gasteiger partial charge is 0.488 e. The number of ether oxygens (including phenoxy) is 1. The first-order chi connectivity index (χ1) is 7.27. The lowest BCUT2D eigenvalue weighted by Crippen LogP contribution is -2.37. The first-order valence-corrected chi connectivity index (χ1v) is 5.77. The highest BCUT2D eigenvalue weighted by Gasteiger charge is 2.15. The lowest BCUT2D eigenvalue weighted by molar-refractivity contribution is 0.167. The summed E-state index contributed by atoms with van der Waals surface area (Å²) in [5, 5.41) is 4.06. The summed E-state index contributed by atoms with van der Waals surface area (Å²) in [5.41, 5.74) is 1.07. The number of nitrogens with one attached hydrogen (secondary N) is 1. The molecule has 1 aliphatic rings. The van der Waals surface area contributed by atoms with Gasteiger partial charge < -0.3 is 10.1 Å². The number of aryl methyl sites for hydroxylation is 1. The molecule has 1 saturated heterocycles. The van der Waals surface area contributed by atoms with Crippen LogP contribution in [-0.2, 0) is 0 Å². The fourth-order valence-electron chi connectivity index (χ4n) is 1.81. The van der Waals surface area contributed by atoms with E-state index in [2.05, 4.69) is 5.32 Å². The Morgan fingerprint density at radius 1 is 1.47 bits per heavy atom. The molecule has 0 aliphatic carbocycles. The van der Waals surface area contributed by atoms with E-state index in [1.165, 1.54) is 6.42 Å². The molecule has 1 fully saturated rings. The highest BCUT2D eigenvalue weighted by molar-refractivity contribution is 6.32. The molecule has 1 unspecified atom stereocenters. The molecule has 0 bridgehead atoms. The third-order valence-corrected chi connectivity index (χ3v) is 3.19. The van der Waals surface area contributed by atoms with Crippen molar-refractivity contribution in [3.8, 4) is 5.75 Å². The molecular weight excluding hydrogens is 210 g/mol. The maximum Gasteiger partial charge on any atom is 0.138 e. The van der Waals surface area contributed by atoms with Crippen LogP contribution in [-0.4, -0.2) is 19.2 Å². The molecule has 0 radical (unpaired) electrons. The van der Waals surface area contributed by atoms with E-state index in [1.807, 2.05) is 25.1 Å². The van der Waals surface area contributed by atoms with Gasteiger partial charge in [0.2, 0.25) is 0 Å². The van der Waals surface area contributed by atoms with Crippen molar-refractivity contribution in [2.45, 2.75) is 25.9 Å². The topological polar surface area (TPSA) is 21.3 Å². The Balaban J connectivity index is 2.06. The first kappa shape index (κ1) is 10.8. The summed E-state index contributed by atoms with van der Waals surface area (Å²) in [7, 11) is 0. The van der Waals surface area contributed by atoms with E-state index >= 15 is 0 Å². The number of hydrogen-bond acceptors (Lipinski definition) is 2. The van der Waals surface area contributed by atoms with Crippen molar-refractivity contribution >= 4 is 11.6 Å². The van der Waals surface area contributed by atoms with Crippen molar-refractivity contribution < 1.29 is 4.74 Å². The summed E-state index contributed by atoms with van der Waals surface area (Å²) < 4.78 is 5.87. The summed E-state index contributed by atoms with van der Waals surface area (Å²) in [4.78, 5) is 0. The SMILES string of the molecule is Cc1cccc(OC2CCCNC2)c1Cl.